The van der Waals surface area contributed by atoms with Crippen molar-refractivity contribution in [2.75, 3.05) is 19.8 Å². The summed E-state index contributed by atoms with van der Waals surface area (Å²) in [6.45, 7) is 4.01. The topological polar surface area (TPSA) is 50.8 Å². The number of urea groups is 1. The molecule has 0 radical (unpaired) electrons. The Hall–Kier alpha value is -1.91. The molecule has 1 unspecified atom stereocenters. The Morgan fingerprint density at radius 1 is 1.22 bits per heavy atom. The molecule has 1 atom stereocenters. The average Bonchev–Trinajstić information content (AvgIpc) is 3.46. The van der Waals surface area contributed by atoms with Gasteiger partial charge in [0, 0.05) is 12.6 Å². The van der Waals surface area contributed by atoms with Gasteiger partial charge in [-0.3, -0.25) is 0 Å². The van der Waals surface area contributed by atoms with Crippen molar-refractivity contribution in [3.8, 4) is 11.5 Å². The number of amides is 2. The predicted molar refractivity (Wildman–Crippen MR) is 86.8 cm³/mol. The van der Waals surface area contributed by atoms with Crippen LogP contribution in [0.25, 0.3) is 0 Å². The van der Waals surface area contributed by atoms with E-state index in [1.54, 1.807) is 0 Å². The molecule has 1 heterocycles. The van der Waals surface area contributed by atoms with Gasteiger partial charge in [0.05, 0.1) is 6.04 Å². The molecule has 4 rings (SSSR count). The van der Waals surface area contributed by atoms with Crippen molar-refractivity contribution in [2.24, 2.45) is 5.92 Å². The van der Waals surface area contributed by atoms with Crippen LogP contribution in [0, 0.1) is 5.92 Å². The molecular formula is C18H24N2O3. The molecule has 2 saturated carbocycles. The number of nitrogens with zero attached hydrogens (tertiary/aromatic N) is 1. The van der Waals surface area contributed by atoms with E-state index in [2.05, 4.69) is 11.4 Å². The van der Waals surface area contributed by atoms with Gasteiger partial charge in [0.15, 0.2) is 11.5 Å². The van der Waals surface area contributed by atoms with E-state index < -0.39 is 0 Å². The summed E-state index contributed by atoms with van der Waals surface area (Å²) >= 11 is 0. The van der Waals surface area contributed by atoms with Crippen molar-refractivity contribution < 1.29 is 14.3 Å². The SMILES string of the molecule is CCN(C(=O)NC(c1ccc2c(c1)OCCO2)C1CC1)C1CC1. The Bertz CT molecular complexity index is 596. The molecule has 0 aromatic heterocycles. The maximum absolute atomic E-state index is 12.6. The first-order valence-corrected chi connectivity index (χ1v) is 8.73. The van der Waals surface area contributed by atoms with E-state index in [1.165, 1.54) is 12.8 Å². The molecule has 23 heavy (non-hydrogen) atoms. The van der Waals surface area contributed by atoms with Crippen LogP contribution >= 0.6 is 0 Å². The van der Waals surface area contributed by atoms with Gasteiger partial charge in [0.2, 0.25) is 0 Å². The van der Waals surface area contributed by atoms with Gasteiger partial charge in [0.25, 0.3) is 0 Å². The Morgan fingerprint density at radius 3 is 2.61 bits per heavy atom. The molecule has 3 aliphatic rings. The van der Waals surface area contributed by atoms with Gasteiger partial charge in [-0.15, -0.1) is 0 Å². The van der Waals surface area contributed by atoms with Crippen molar-refractivity contribution in [1.82, 2.24) is 10.2 Å². The fraction of sp³-hybridized carbons (Fsp3) is 0.611. The van der Waals surface area contributed by atoms with Crippen molar-refractivity contribution >= 4 is 6.03 Å². The predicted octanol–water partition coefficient (Wildman–Crippen LogP) is 3.10. The summed E-state index contributed by atoms with van der Waals surface area (Å²) in [7, 11) is 0. The second kappa shape index (κ2) is 5.95. The van der Waals surface area contributed by atoms with Crippen molar-refractivity contribution in [3.05, 3.63) is 23.8 Å². The van der Waals surface area contributed by atoms with Crippen LogP contribution in [0.4, 0.5) is 4.79 Å². The maximum Gasteiger partial charge on any atom is 0.318 e. The second-order valence-electron chi connectivity index (χ2n) is 6.68. The van der Waals surface area contributed by atoms with E-state index in [9.17, 15) is 4.79 Å². The zero-order valence-electron chi connectivity index (χ0n) is 13.6. The molecule has 1 N–H and O–H groups in total. The molecule has 5 heteroatoms. The number of carbonyl (C=O) groups is 1. The van der Waals surface area contributed by atoms with Crippen molar-refractivity contribution in [2.45, 2.75) is 44.7 Å². The number of ether oxygens (including phenoxy) is 2. The van der Waals surface area contributed by atoms with Gasteiger partial charge in [-0.1, -0.05) is 6.07 Å². The third kappa shape index (κ3) is 3.09. The van der Waals surface area contributed by atoms with Crippen molar-refractivity contribution in [3.63, 3.8) is 0 Å². The third-order valence-electron chi connectivity index (χ3n) is 4.89. The lowest BCUT2D eigenvalue weighted by Gasteiger charge is -2.27. The summed E-state index contributed by atoms with van der Waals surface area (Å²) in [5.41, 5.74) is 1.12. The van der Waals surface area contributed by atoms with Crippen LogP contribution in [0.3, 0.4) is 0 Å². The monoisotopic (exact) mass is 316 g/mol. The van der Waals surface area contributed by atoms with E-state index in [4.69, 9.17) is 9.47 Å². The molecular weight excluding hydrogens is 292 g/mol. The molecule has 5 nitrogen and oxygen atoms in total. The third-order valence-corrected chi connectivity index (χ3v) is 4.89. The largest absolute Gasteiger partial charge is 0.486 e. The zero-order valence-corrected chi connectivity index (χ0v) is 13.6. The van der Waals surface area contributed by atoms with Crippen LogP contribution in [-0.4, -0.2) is 36.7 Å². The summed E-state index contributed by atoms with van der Waals surface area (Å²) in [6, 6.07) is 6.65. The average molecular weight is 316 g/mol. The van der Waals surface area contributed by atoms with Gasteiger partial charge in [-0.25, -0.2) is 4.79 Å². The minimum atomic E-state index is 0.0711. The van der Waals surface area contributed by atoms with Crippen LogP contribution in [-0.2, 0) is 0 Å². The number of rotatable bonds is 5. The fourth-order valence-electron chi connectivity index (χ4n) is 3.33. The van der Waals surface area contributed by atoms with Crippen LogP contribution < -0.4 is 14.8 Å². The fourth-order valence-corrected chi connectivity index (χ4v) is 3.33. The lowest BCUT2D eigenvalue weighted by Crippen LogP contribution is -2.43. The van der Waals surface area contributed by atoms with E-state index in [0.717, 1.165) is 36.4 Å². The number of hydrogen-bond donors (Lipinski definition) is 1. The zero-order chi connectivity index (χ0) is 15.8. The summed E-state index contributed by atoms with van der Waals surface area (Å²) in [5, 5.41) is 3.27. The van der Waals surface area contributed by atoms with Crippen LogP contribution in [0.2, 0.25) is 0 Å². The molecule has 1 aromatic carbocycles. The van der Waals surface area contributed by atoms with E-state index in [0.29, 0.717) is 25.2 Å². The van der Waals surface area contributed by atoms with Crippen molar-refractivity contribution in [1.29, 1.82) is 0 Å². The Kier molecular flexibility index (Phi) is 3.79. The standard InChI is InChI=1S/C18H24N2O3/c1-2-20(14-6-7-14)18(21)19-17(12-3-4-12)13-5-8-15-16(11-13)23-10-9-22-15/h5,8,11-12,14,17H,2-4,6-7,9-10H2,1H3,(H,19,21). The molecule has 2 aliphatic carbocycles. The van der Waals surface area contributed by atoms with Gasteiger partial charge in [-0.05, 0) is 56.2 Å². The van der Waals surface area contributed by atoms with E-state index in [1.807, 2.05) is 24.0 Å². The number of hydrogen-bond acceptors (Lipinski definition) is 3. The molecule has 2 amide bonds. The minimum Gasteiger partial charge on any atom is -0.486 e. The smallest absolute Gasteiger partial charge is 0.318 e. The lowest BCUT2D eigenvalue weighted by molar-refractivity contribution is 0.171. The number of carbonyl (C=O) groups excluding carboxylic acids is 1. The summed E-state index contributed by atoms with van der Waals surface area (Å²) in [6.07, 6.45) is 4.63. The quantitative estimate of drug-likeness (QED) is 0.908. The molecule has 2 fully saturated rings. The Morgan fingerprint density at radius 2 is 1.96 bits per heavy atom. The molecule has 1 aliphatic heterocycles. The van der Waals surface area contributed by atoms with E-state index >= 15 is 0 Å². The highest BCUT2D eigenvalue weighted by Gasteiger charge is 2.37. The highest BCUT2D eigenvalue weighted by molar-refractivity contribution is 5.75. The minimum absolute atomic E-state index is 0.0711. The second-order valence-corrected chi connectivity index (χ2v) is 6.68. The van der Waals surface area contributed by atoms with Gasteiger partial charge in [-0.2, -0.15) is 0 Å². The first-order valence-electron chi connectivity index (χ1n) is 8.73. The number of fused-ring (bicyclic) bond motifs is 1. The highest BCUT2D eigenvalue weighted by Crippen LogP contribution is 2.43. The molecule has 0 saturated heterocycles. The number of benzene rings is 1. The van der Waals surface area contributed by atoms with Gasteiger partial charge < -0.3 is 19.7 Å². The summed E-state index contributed by atoms with van der Waals surface area (Å²) in [4.78, 5) is 14.6. The summed E-state index contributed by atoms with van der Waals surface area (Å²) in [5.74, 6) is 2.14. The molecule has 0 bridgehead atoms. The Balaban J connectivity index is 1.52. The normalized spacial score (nSPS) is 20.7. The van der Waals surface area contributed by atoms with Gasteiger partial charge >= 0.3 is 6.03 Å². The van der Waals surface area contributed by atoms with Crippen LogP contribution in [0.15, 0.2) is 18.2 Å². The van der Waals surface area contributed by atoms with Crippen LogP contribution in [0.5, 0.6) is 11.5 Å². The Labute approximate surface area is 136 Å². The molecule has 0 spiro atoms. The molecule has 124 valence electrons. The first-order chi connectivity index (χ1) is 11.3. The lowest BCUT2D eigenvalue weighted by atomic mass is 10.0. The van der Waals surface area contributed by atoms with Crippen LogP contribution in [0.1, 0.15) is 44.2 Å². The maximum atomic E-state index is 12.6. The molecule has 1 aromatic rings. The number of nitrogens with one attached hydrogen (secondary N) is 1. The summed E-state index contributed by atoms with van der Waals surface area (Å²) < 4.78 is 11.3. The first kappa shape index (κ1) is 14.7. The van der Waals surface area contributed by atoms with Gasteiger partial charge in [0.1, 0.15) is 13.2 Å². The highest BCUT2D eigenvalue weighted by atomic mass is 16.6. The van der Waals surface area contributed by atoms with E-state index in [-0.39, 0.29) is 12.1 Å².